The van der Waals surface area contributed by atoms with E-state index in [2.05, 4.69) is 15.6 Å². The van der Waals surface area contributed by atoms with Crippen LogP contribution in [0.15, 0.2) is 42.5 Å². The van der Waals surface area contributed by atoms with Crippen LogP contribution >= 0.6 is 0 Å². The zero-order chi connectivity index (χ0) is 11.4. The normalized spacial score (nSPS) is 9.81. The molecule has 0 aliphatic heterocycles. The first-order chi connectivity index (χ1) is 7.79. The third-order valence-electron chi connectivity index (χ3n) is 2.22. The lowest BCUT2D eigenvalue weighted by Gasteiger charge is -2.09. The lowest BCUT2D eigenvalue weighted by molar-refractivity contribution is 1.28. The molecule has 1 aromatic carbocycles. The van der Waals surface area contributed by atoms with Crippen molar-refractivity contribution in [1.82, 2.24) is 4.98 Å². The van der Waals surface area contributed by atoms with Gasteiger partial charge < -0.3 is 16.4 Å². The van der Waals surface area contributed by atoms with Crippen LogP contribution in [0.4, 0.5) is 23.0 Å². The van der Waals surface area contributed by atoms with Crippen LogP contribution in [0.2, 0.25) is 0 Å². The summed E-state index contributed by atoms with van der Waals surface area (Å²) in [7, 11) is 1.82. The number of nitrogens with one attached hydrogen (secondary N) is 2. The summed E-state index contributed by atoms with van der Waals surface area (Å²) in [6.45, 7) is 0. The minimum atomic E-state index is 0.628. The van der Waals surface area contributed by atoms with Gasteiger partial charge in [-0.2, -0.15) is 0 Å². The largest absolute Gasteiger partial charge is 0.396 e. The number of rotatable bonds is 3. The van der Waals surface area contributed by atoms with Gasteiger partial charge in [0.2, 0.25) is 0 Å². The first-order valence-corrected chi connectivity index (χ1v) is 5.06. The number of hydrogen-bond acceptors (Lipinski definition) is 4. The van der Waals surface area contributed by atoms with E-state index in [9.17, 15) is 0 Å². The second kappa shape index (κ2) is 4.53. The van der Waals surface area contributed by atoms with E-state index in [0.29, 0.717) is 11.5 Å². The highest BCUT2D eigenvalue weighted by molar-refractivity contribution is 5.70. The monoisotopic (exact) mass is 214 g/mol. The lowest BCUT2D eigenvalue weighted by atomic mass is 10.3. The number of pyridine rings is 1. The molecule has 2 aromatic rings. The van der Waals surface area contributed by atoms with Crippen molar-refractivity contribution in [3.8, 4) is 0 Å². The molecular formula is C12H14N4. The molecule has 0 amide bonds. The van der Waals surface area contributed by atoms with Crippen LogP contribution in [-0.4, -0.2) is 12.0 Å². The highest BCUT2D eigenvalue weighted by Crippen LogP contribution is 2.22. The van der Waals surface area contributed by atoms with Crippen LogP contribution in [0.3, 0.4) is 0 Å². The fraction of sp³-hybridized carbons (Fsp3) is 0.0833. The second-order valence-corrected chi connectivity index (χ2v) is 3.38. The maximum atomic E-state index is 5.84. The van der Waals surface area contributed by atoms with Crippen molar-refractivity contribution in [2.24, 2.45) is 0 Å². The Hall–Kier alpha value is -2.23. The van der Waals surface area contributed by atoms with E-state index in [1.807, 2.05) is 49.5 Å². The number of para-hydroxylation sites is 1. The summed E-state index contributed by atoms with van der Waals surface area (Å²) in [6, 6.07) is 13.5. The van der Waals surface area contributed by atoms with Gasteiger partial charge in [0.15, 0.2) is 5.82 Å². The molecule has 0 radical (unpaired) electrons. The molecule has 0 spiro atoms. The highest BCUT2D eigenvalue weighted by atomic mass is 15.1. The Kier molecular flexibility index (Phi) is 2.91. The summed E-state index contributed by atoms with van der Waals surface area (Å²) >= 11 is 0. The number of nitrogens with zero attached hydrogens (tertiary/aromatic N) is 1. The van der Waals surface area contributed by atoms with Crippen molar-refractivity contribution in [2.45, 2.75) is 0 Å². The molecule has 0 saturated heterocycles. The van der Waals surface area contributed by atoms with Crippen molar-refractivity contribution in [2.75, 3.05) is 23.4 Å². The van der Waals surface area contributed by atoms with Gasteiger partial charge in [0.25, 0.3) is 0 Å². The fourth-order valence-corrected chi connectivity index (χ4v) is 1.37. The van der Waals surface area contributed by atoms with Gasteiger partial charge in [-0.15, -0.1) is 0 Å². The molecule has 0 bridgehead atoms. The number of anilines is 4. The summed E-state index contributed by atoms with van der Waals surface area (Å²) in [5.41, 5.74) is 7.43. The Labute approximate surface area is 94.5 Å². The van der Waals surface area contributed by atoms with Crippen molar-refractivity contribution < 1.29 is 0 Å². The summed E-state index contributed by atoms with van der Waals surface area (Å²) in [5, 5.41) is 6.14. The Bertz CT molecular complexity index is 468. The van der Waals surface area contributed by atoms with Gasteiger partial charge >= 0.3 is 0 Å². The van der Waals surface area contributed by atoms with E-state index < -0.39 is 0 Å². The van der Waals surface area contributed by atoms with Gasteiger partial charge in [0, 0.05) is 12.7 Å². The molecule has 0 unspecified atom stereocenters. The van der Waals surface area contributed by atoms with Crippen molar-refractivity contribution >= 4 is 23.0 Å². The Morgan fingerprint density at radius 2 is 1.81 bits per heavy atom. The van der Waals surface area contributed by atoms with E-state index in [1.165, 1.54) is 0 Å². The molecule has 0 saturated carbocycles. The first kappa shape index (κ1) is 10.3. The van der Waals surface area contributed by atoms with Crippen LogP contribution in [0.1, 0.15) is 0 Å². The molecule has 4 N–H and O–H groups in total. The SMILES string of the molecule is CNc1ccc(N)c(Nc2ccccc2)n1. The smallest absolute Gasteiger partial charge is 0.156 e. The van der Waals surface area contributed by atoms with Crippen molar-refractivity contribution in [3.05, 3.63) is 42.5 Å². The third kappa shape index (κ3) is 2.23. The van der Waals surface area contributed by atoms with Crippen LogP contribution in [0.5, 0.6) is 0 Å². The van der Waals surface area contributed by atoms with Gasteiger partial charge in [0.05, 0.1) is 5.69 Å². The van der Waals surface area contributed by atoms with Crippen LogP contribution in [0, 0.1) is 0 Å². The number of nitrogens with two attached hydrogens (primary N) is 1. The maximum Gasteiger partial charge on any atom is 0.156 e. The van der Waals surface area contributed by atoms with Crippen molar-refractivity contribution in [1.29, 1.82) is 0 Å². The van der Waals surface area contributed by atoms with E-state index in [0.717, 1.165) is 11.5 Å². The summed E-state index contributed by atoms with van der Waals surface area (Å²) in [6.07, 6.45) is 0. The van der Waals surface area contributed by atoms with Gasteiger partial charge in [-0.05, 0) is 24.3 Å². The average molecular weight is 214 g/mol. The molecule has 4 heteroatoms. The molecule has 4 nitrogen and oxygen atoms in total. The molecule has 1 heterocycles. The second-order valence-electron chi connectivity index (χ2n) is 3.38. The van der Waals surface area contributed by atoms with Gasteiger partial charge in [-0.1, -0.05) is 18.2 Å². The van der Waals surface area contributed by atoms with E-state index in [4.69, 9.17) is 5.73 Å². The molecule has 2 rings (SSSR count). The van der Waals surface area contributed by atoms with Crippen LogP contribution in [0.25, 0.3) is 0 Å². The zero-order valence-corrected chi connectivity index (χ0v) is 9.07. The minimum absolute atomic E-state index is 0.628. The van der Waals surface area contributed by atoms with E-state index >= 15 is 0 Å². The summed E-state index contributed by atoms with van der Waals surface area (Å²) in [4.78, 5) is 4.34. The quantitative estimate of drug-likeness (QED) is 0.734. The number of aromatic nitrogens is 1. The fourth-order valence-electron chi connectivity index (χ4n) is 1.37. The van der Waals surface area contributed by atoms with Crippen molar-refractivity contribution in [3.63, 3.8) is 0 Å². The van der Waals surface area contributed by atoms with E-state index in [1.54, 1.807) is 0 Å². The minimum Gasteiger partial charge on any atom is -0.396 e. The Balaban J connectivity index is 2.27. The van der Waals surface area contributed by atoms with Crippen LogP contribution < -0.4 is 16.4 Å². The first-order valence-electron chi connectivity index (χ1n) is 5.06. The zero-order valence-electron chi connectivity index (χ0n) is 9.07. The maximum absolute atomic E-state index is 5.84. The van der Waals surface area contributed by atoms with Gasteiger partial charge in [-0.25, -0.2) is 4.98 Å². The standard InChI is InChI=1S/C12H14N4/c1-14-11-8-7-10(13)12(16-11)15-9-5-3-2-4-6-9/h2-8H,13H2,1H3,(H2,14,15,16). The van der Waals surface area contributed by atoms with Gasteiger partial charge in [-0.3, -0.25) is 0 Å². The van der Waals surface area contributed by atoms with E-state index in [-0.39, 0.29) is 0 Å². The molecule has 82 valence electrons. The molecule has 0 atom stereocenters. The number of nitrogen functional groups attached to an aromatic ring is 1. The average Bonchev–Trinajstić information content (AvgIpc) is 2.33. The highest BCUT2D eigenvalue weighted by Gasteiger charge is 2.02. The molecule has 0 aliphatic rings. The number of hydrogen-bond donors (Lipinski definition) is 3. The predicted molar refractivity (Wildman–Crippen MR) is 67.9 cm³/mol. The third-order valence-corrected chi connectivity index (χ3v) is 2.22. The summed E-state index contributed by atoms with van der Waals surface area (Å²) in [5.74, 6) is 1.45. The number of benzene rings is 1. The Morgan fingerprint density at radius 3 is 2.50 bits per heavy atom. The molecule has 0 aliphatic carbocycles. The van der Waals surface area contributed by atoms with Crippen LogP contribution in [-0.2, 0) is 0 Å². The lowest BCUT2D eigenvalue weighted by Crippen LogP contribution is -2.01. The topological polar surface area (TPSA) is 63.0 Å². The molecule has 1 aromatic heterocycles. The predicted octanol–water partition coefficient (Wildman–Crippen LogP) is 2.45. The molecular weight excluding hydrogens is 200 g/mol. The summed E-state index contributed by atoms with van der Waals surface area (Å²) < 4.78 is 0. The molecule has 16 heavy (non-hydrogen) atoms. The Morgan fingerprint density at radius 1 is 1.06 bits per heavy atom. The van der Waals surface area contributed by atoms with Gasteiger partial charge in [0.1, 0.15) is 5.82 Å². The molecule has 0 fully saturated rings.